The van der Waals surface area contributed by atoms with Crippen molar-refractivity contribution in [3.63, 3.8) is 0 Å². The summed E-state index contributed by atoms with van der Waals surface area (Å²) in [6.07, 6.45) is 0.835. The molecule has 2 aromatic rings. The van der Waals surface area contributed by atoms with E-state index in [1.807, 2.05) is 30.3 Å². The number of ether oxygens (including phenoxy) is 2. The maximum Gasteiger partial charge on any atom is 0.242 e. The molecular formula is C21H23ClN2O4. The molecule has 0 bridgehead atoms. The van der Waals surface area contributed by atoms with Crippen LogP contribution in [0.1, 0.15) is 24.5 Å². The first-order valence-electron chi connectivity index (χ1n) is 9.12. The molecule has 3 rings (SSSR count). The molecular weight excluding hydrogens is 380 g/mol. The first-order valence-corrected chi connectivity index (χ1v) is 9.49. The van der Waals surface area contributed by atoms with Crippen molar-refractivity contribution in [3.8, 4) is 11.5 Å². The van der Waals surface area contributed by atoms with E-state index in [1.54, 1.807) is 31.0 Å². The van der Waals surface area contributed by atoms with Gasteiger partial charge in [0.15, 0.2) is 11.5 Å². The van der Waals surface area contributed by atoms with Gasteiger partial charge in [-0.2, -0.15) is 0 Å². The van der Waals surface area contributed by atoms with Gasteiger partial charge >= 0.3 is 0 Å². The van der Waals surface area contributed by atoms with Crippen molar-refractivity contribution >= 4 is 23.4 Å². The van der Waals surface area contributed by atoms with Crippen LogP contribution in [0.3, 0.4) is 0 Å². The monoisotopic (exact) mass is 402 g/mol. The summed E-state index contributed by atoms with van der Waals surface area (Å²) in [6.45, 7) is 2.29. The highest BCUT2D eigenvalue weighted by Gasteiger charge is 2.25. The molecule has 0 fully saturated rings. The summed E-state index contributed by atoms with van der Waals surface area (Å²) in [6, 6.07) is 12.3. The van der Waals surface area contributed by atoms with Crippen molar-refractivity contribution in [3.05, 3.63) is 58.6 Å². The molecule has 2 amide bonds. The number of hydrogen-bond donors (Lipinski definition) is 1. The second-order valence-corrected chi connectivity index (χ2v) is 7.06. The summed E-state index contributed by atoms with van der Waals surface area (Å²) in [7, 11) is 1.57. The van der Waals surface area contributed by atoms with Gasteiger partial charge in [0.2, 0.25) is 18.6 Å². The summed E-state index contributed by atoms with van der Waals surface area (Å²) in [5.41, 5.74) is 1.90. The van der Waals surface area contributed by atoms with Gasteiger partial charge in [0.05, 0.1) is 0 Å². The molecule has 0 radical (unpaired) electrons. The van der Waals surface area contributed by atoms with Crippen LogP contribution in [0.2, 0.25) is 5.02 Å². The quantitative estimate of drug-likeness (QED) is 0.772. The molecule has 0 spiro atoms. The van der Waals surface area contributed by atoms with Crippen LogP contribution in [0.5, 0.6) is 11.5 Å². The van der Waals surface area contributed by atoms with Crippen LogP contribution >= 0.6 is 11.6 Å². The number of carbonyl (C=O) groups excluding carboxylic acids is 2. The van der Waals surface area contributed by atoms with Crippen LogP contribution in [-0.4, -0.2) is 36.6 Å². The predicted octanol–water partition coefficient (Wildman–Crippen LogP) is 3.16. The molecule has 1 heterocycles. The van der Waals surface area contributed by atoms with Gasteiger partial charge in [0.1, 0.15) is 6.04 Å². The Morgan fingerprint density at radius 3 is 2.50 bits per heavy atom. The summed E-state index contributed by atoms with van der Waals surface area (Å²) in [4.78, 5) is 26.7. The SMILES string of the molecule is CNC(=O)C(C)N(Cc1ccc(Cl)cc1)C(=O)CCc1ccc2c(c1)OCO2. The van der Waals surface area contributed by atoms with Crippen molar-refractivity contribution < 1.29 is 19.1 Å². The van der Waals surface area contributed by atoms with Gasteiger partial charge in [0, 0.05) is 25.0 Å². The van der Waals surface area contributed by atoms with E-state index in [9.17, 15) is 9.59 Å². The van der Waals surface area contributed by atoms with Crippen LogP contribution in [0, 0.1) is 0 Å². The third-order valence-corrected chi connectivity index (χ3v) is 5.00. The van der Waals surface area contributed by atoms with Gasteiger partial charge in [0.25, 0.3) is 0 Å². The van der Waals surface area contributed by atoms with Crippen LogP contribution in [0.4, 0.5) is 0 Å². The molecule has 7 heteroatoms. The van der Waals surface area contributed by atoms with Gasteiger partial charge in [-0.25, -0.2) is 0 Å². The molecule has 1 aliphatic rings. The Kier molecular flexibility index (Phi) is 6.41. The van der Waals surface area contributed by atoms with E-state index in [0.717, 1.165) is 11.1 Å². The molecule has 0 saturated carbocycles. The van der Waals surface area contributed by atoms with Gasteiger partial charge in [-0.3, -0.25) is 9.59 Å². The zero-order chi connectivity index (χ0) is 20.1. The minimum Gasteiger partial charge on any atom is -0.454 e. The minimum atomic E-state index is -0.579. The van der Waals surface area contributed by atoms with Crippen LogP contribution in [-0.2, 0) is 22.6 Å². The summed E-state index contributed by atoms with van der Waals surface area (Å²) in [5, 5.41) is 3.24. The summed E-state index contributed by atoms with van der Waals surface area (Å²) < 4.78 is 10.7. The molecule has 6 nitrogen and oxygen atoms in total. The molecule has 0 aliphatic carbocycles. The third kappa shape index (κ3) is 4.75. The normalized spacial score (nSPS) is 13.1. The maximum absolute atomic E-state index is 12.9. The second-order valence-electron chi connectivity index (χ2n) is 6.63. The topological polar surface area (TPSA) is 67.9 Å². The van der Waals surface area contributed by atoms with Gasteiger partial charge in [-0.15, -0.1) is 0 Å². The second kappa shape index (κ2) is 8.97. The van der Waals surface area contributed by atoms with Crippen molar-refractivity contribution in [2.45, 2.75) is 32.4 Å². The molecule has 1 aliphatic heterocycles. The van der Waals surface area contributed by atoms with Crippen LogP contribution < -0.4 is 14.8 Å². The smallest absolute Gasteiger partial charge is 0.242 e. The van der Waals surface area contributed by atoms with Crippen molar-refractivity contribution in [1.82, 2.24) is 10.2 Å². The lowest BCUT2D eigenvalue weighted by Crippen LogP contribution is -2.46. The molecule has 1 unspecified atom stereocenters. The lowest BCUT2D eigenvalue weighted by atomic mass is 10.1. The summed E-state index contributed by atoms with van der Waals surface area (Å²) in [5.74, 6) is 1.11. The van der Waals surface area contributed by atoms with E-state index in [4.69, 9.17) is 21.1 Å². The van der Waals surface area contributed by atoms with Gasteiger partial charge in [-0.1, -0.05) is 29.8 Å². The highest BCUT2D eigenvalue weighted by atomic mass is 35.5. The Balaban J connectivity index is 1.70. The highest BCUT2D eigenvalue weighted by molar-refractivity contribution is 6.30. The molecule has 148 valence electrons. The maximum atomic E-state index is 12.9. The number of benzene rings is 2. The highest BCUT2D eigenvalue weighted by Crippen LogP contribution is 2.32. The Bertz CT molecular complexity index is 854. The standard InChI is InChI=1S/C21H23ClN2O4/c1-14(21(26)23-2)24(12-16-3-7-17(22)8-4-16)20(25)10-6-15-5-9-18-19(11-15)28-13-27-18/h3-5,7-9,11,14H,6,10,12-13H2,1-2H3,(H,23,26). The minimum absolute atomic E-state index is 0.0938. The fourth-order valence-electron chi connectivity index (χ4n) is 3.07. The predicted molar refractivity (Wildman–Crippen MR) is 106 cm³/mol. The average Bonchev–Trinajstić information content (AvgIpc) is 3.18. The van der Waals surface area contributed by atoms with Crippen molar-refractivity contribution in [2.75, 3.05) is 13.8 Å². The fraction of sp³-hybridized carbons (Fsp3) is 0.333. The number of carbonyl (C=O) groups is 2. The third-order valence-electron chi connectivity index (χ3n) is 4.74. The van der Waals surface area contributed by atoms with Crippen LogP contribution in [0.25, 0.3) is 0 Å². The van der Waals surface area contributed by atoms with E-state index in [2.05, 4.69) is 5.32 Å². The Labute approximate surface area is 169 Å². The number of nitrogens with one attached hydrogen (secondary N) is 1. The zero-order valence-corrected chi connectivity index (χ0v) is 16.7. The largest absolute Gasteiger partial charge is 0.454 e. The number of fused-ring (bicyclic) bond motifs is 1. The first kappa shape index (κ1) is 20.0. The Morgan fingerprint density at radius 1 is 1.11 bits per heavy atom. The number of hydrogen-bond acceptors (Lipinski definition) is 4. The molecule has 2 aromatic carbocycles. The summed E-state index contributed by atoms with van der Waals surface area (Å²) >= 11 is 5.94. The number of aryl methyl sites for hydroxylation is 1. The van der Waals surface area contributed by atoms with E-state index < -0.39 is 6.04 Å². The van der Waals surface area contributed by atoms with Crippen molar-refractivity contribution in [1.29, 1.82) is 0 Å². The molecule has 0 aromatic heterocycles. The van der Waals surface area contributed by atoms with E-state index >= 15 is 0 Å². The van der Waals surface area contributed by atoms with E-state index in [1.165, 1.54) is 0 Å². The van der Waals surface area contributed by atoms with E-state index in [-0.39, 0.29) is 25.0 Å². The number of amides is 2. The molecule has 1 atom stereocenters. The number of halogens is 1. The molecule has 0 saturated heterocycles. The van der Waals surface area contributed by atoms with E-state index in [0.29, 0.717) is 29.5 Å². The van der Waals surface area contributed by atoms with Crippen LogP contribution in [0.15, 0.2) is 42.5 Å². The molecule has 1 N–H and O–H groups in total. The molecule has 28 heavy (non-hydrogen) atoms. The first-order chi connectivity index (χ1) is 13.5. The Morgan fingerprint density at radius 2 is 1.79 bits per heavy atom. The van der Waals surface area contributed by atoms with Gasteiger partial charge in [-0.05, 0) is 48.7 Å². The van der Waals surface area contributed by atoms with Crippen molar-refractivity contribution in [2.24, 2.45) is 0 Å². The Hall–Kier alpha value is -2.73. The lowest BCUT2D eigenvalue weighted by Gasteiger charge is -2.28. The number of likely N-dealkylation sites (N-methyl/N-ethyl adjacent to an activating group) is 1. The number of nitrogens with zero attached hydrogens (tertiary/aromatic N) is 1. The fourth-order valence-corrected chi connectivity index (χ4v) is 3.20. The average molecular weight is 403 g/mol. The van der Waals surface area contributed by atoms with Gasteiger partial charge < -0.3 is 19.7 Å². The zero-order valence-electron chi connectivity index (χ0n) is 15.9. The number of rotatable bonds is 7. The lowest BCUT2D eigenvalue weighted by molar-refractivity contribution is -0.140.